The van der Waals surface area contributed by atoms with Crippen molar-refractivity contribution in [1.82, 2.24) is 9.80 Å². The lowest BCUT2D eigenvalue weighted by atomic mass is 9.81. The van der Waals surface area contributed by atoms with Crippen molar-refractivity contribution in [1.29, 1.82) is 0 Å². The number of likely N-dealkylation sites (tertiary alicyclic amines) is 1. The Morgan fingerprint density at radius 3 is 2.24 bits per heavy atom. The van der Waals surface area contributed by atoms with Crippen LogP contribution in [0.1, 0.15) is 62.6 Å². The maximum Gasteiger partial charge on any atom is 0.306 e. The Kier molecular flexibility index (Phi) is 9.22. The summed E-state index contributed by atoms with van der Waals surface area (Å²) in [7, 11) is 0. The van der Waals surface area contributed by atoms with E-state index in [0.29, 0.717) is 29.5 Å². The highest BCUT2D eigenvalue weighted by Gasteiger charge is 2.29. The van der Waals surface area contributed by atoms with E-state index >= 15 is 0 Å². The molecule has 2 fully saturated rings. The van der Waals surface area contributed by atoms with E-state index in [1.807, 2.05) is 36.4 Å². The van der Waals surface area contributed by atoms with Gasteiger partial charge in [-0.2, -0.15) is 0 Å². The van der Waals surface area contributed by atoms with Crippen molar-refractivity contribution in [3.63, 3.8) is 0 Å². The molecule has 1 atom stereocenters. The van der Waals surface area contributed by atoms with Crippen LogP contribution in [0.25, 0.3) is 0 Å². The molecule has 2 aromatic rings. The van der Waals surface area contributed by atoms with Crippen molar-refractivity contribution in [2.75, 3.05) is 19.7 Å². The van der Waals surface area contributed by atoms with E-state index in [1.54, 1.807) is 0 Å². The Hall–Kier alpha value is -2.90. The second-order valence-corrected chi connectivity index (χ2v) is 10.6. The lowest BCUT2D eigenvalue weighted by molar-refractivity contribution is -0.143. The molecule has 0 bridgehead atoms. The lowest BCUT2D eigenvalue weighted by Gasteiger charge is -2.35. The molecule has 0 unspecified atom stereocenters. The summed E-state index contributed by atoms with van der Waals surface area (Å²) in [5, 5.41) is 10.1. The van der Waals surface area contributed by atoms with Crippen LogP contribution < -0.4 is 4.74 Å². The molecule has 2 amide bonds. The van der Waals surface area contributed by atoms with E-state index in [0.717, 1.165) is 44.3 Å². The first kappa shape index (κ1) is 27.1. The predicted octanol–water partition coefficient (Wildman–Crippen LogP) is 5.32. The number of hydrogen-bond donors (Lipinski definition) is 1. The lowest BCUT2D eigenvalue weighted by Crippen LogP contribution is -2.34. The molecule has 1 aliphatic heterocycles. The highest BCUT2D eigenvalue weighted by atomic mass is 35.5. The first-order valence-corrected chi connectivity index (χ1v) is 13.4. The van der Waals surface area contributed by atoms with Gasteiger partial charge in [-0.05, 0) is 73.9 Å². The summed E-state index contributed by atoms with van der Waals surface area (Å²) >= 11 is 6.11. The van der Waals surface area contributed by atoms with Gasteiger partial charge in [-0.1, -0.05) is 35.9 Å². The quantitative estimate of drug-likeness (QED) is 0.399. The Bertz CT molecular complexity index is 1060. The van der Waals surface area contributed by atoms with Gasteiger partial charge in [-0.25, -0.2) is 0 Å². The molecule has 0 radical (unpaired) electrons. The molecule has 198 valence electrons. The van der Waals surface area contributed by atoms with Gasteiger partial charge in [-0.3, -0.25) is 24.2 Å². The Balaban J connectivity index is 1.38. The molecular weight excluding hydrogens is 492 g/mol. The van der Waals surface area contributed by atoms with Gasteiger partial charge in [0.15, 0.2) is 0 Å². The Morgan fingerprint density at radius 1 is 1.03 bits per heavy atom. The number of ether oxygens (including phenoxy) is 1. The number of halogens is 1. The molecule has 2 aliphatic rings. The zero-order valence-corrected chi connectivity index (χ0v) is 22.0. The van der Waals surface area contributed by atoms with E-state index in [-0.39, 0.29) is 36.9 Å². The smallest absolute Gasteiger partial charge is 0.306 e. The van der Waals surface area contributed by atoms with Gasteiger partial charge in [-0.15, -0.1) is 0 Å². The van der Waals surface area contributed by atoms with Crippen molar-refractivity contribution < 1.29 is 24.2 Å². The molecular formula is C29H35ClN2O5. The standard InChI is InChI=1S/C29H35ClN2O5/c1-20(23-8-10-25(30)11-9-23)31(18-21-2-6-24(7-3-21)29(35)36)19-22-4-12-26(13-5-22)37-17-16-32-27(33)14-15-28(32)34/h4-5,8-13,20-21,24H,2-3,6-7,14-19H2,1H3,(H,35,36)/t20-,21?,24?/m0/s1. The summed E-state index contributed by atoms with van der Waals surface area (Å²) in [6, 6.07) is 16.1. The van der Waals surface area contributed by atoms with Crippen molar-refractivity contribution >= 4 is 29.4 Å². The van der Waals surface area contributed by atoms with Gasteiger partial charge >= 0.3 is 5.97 Å². The van der Waals surface area contributed by atoms with Gasteiger partial charge < -0.3 is 9.84 Å². The summed E-state index contributed by atoms with van der Waals surface area (Å²) in [6.45, 7) is 4.39. The number of benzene rings is 2. The molecule has 7 nitrogen and oxygen atoms in total. The number of carboxylic acid groups (broad SMARTS) is 1. The average Bonchev–Trinajstić information content (AvgIpc) is 3.22. The third-order valence-electron chi connectivity index (χ3n) is 7.64. The van der Waals surface area contributed by atoms with Gasteiger partial charge in [0.1, 0.15) is 12.4 Å². The van der Waals surface area contributed by atoms with Crippen LogP contribution in [-0.4, -0.2) is 52.4 Å². The highest BCUT2D eigenvalue weighted by molar-refractivity contribution is 6.30. The summed E-state index contributed by atoms with van der Waals surface area (Å²) in [5.74, 6) is 0.0140. The van der Waals surface area contributed by atoms with Crippen molar-refractivity contribution in [3.05, 3.63) is 64.7 Å². The number of amides is 2. The normalized spacial score (nSPS) is 20.9. The largest absolute Gasteiger partial charge is 0.492 e. The van der Waals surface area contributed by atoms with Crippen molar-refractivity contribution in [3.8, 4) is 5.75 Å². The van der Waals surface area contributed by atoms with E-state index in [4.69, 9.17) is 16.3 Å². The molecule has 1 N–H and O–H groups in total. The van der Waals surface area contributed by atoms with Gasteiger partial charge in [0, 0.05) is 37.0 Å². The second kappa shape index (κ2) is 12.6. The topological polar surface area (TPSA) is 87.2 Å². The van der Waals surface area contributed by atoms with Gasteiger partial charge in [0.2, 0.25) is 11.8 Å². The van der Waals surface area contributed by atoms with Crippen LogP contribution in [0.4, 0.5) is 0 Å². The van der Waals surface area contributed by atoms with Crippen molar-refractivity contribution in [2.45, 2.75) is 58.0 Å². The molecule has 2 aromatic carbocycles. The SMILES string of the molecule is C[C@@H](c1ccc(Cl)cc1)N(Cc1ccc(OCCN2C(=O)CCC2=O)cc1)CC1CCC(C(=O)O)CC1. The molecule has 1 aliphatic carbocycles. The fourth-order valence-electron chi connectivity index (χ4n) is 5.29. The molecule has 1 saturated carbocycles. The van der Waals surface area contributed by atoms with Crippen molar-refractivity contribution in [2.24, 2.45) is 11.8 Å². The Labute approximate surface area is 223 Å². The Morgan fingerprint density at radius 2 is 1.65 bits per heavy atom. The van der Waals surface area contributed by atoms with E-state index in [2.05, 4.69) is 24.0 Å². The number of hydrogen-bond acceptors (Lipinski definition) is 5. The maximum atomic E-state index is 11.7. The minimum atomic E-state index is -0.675. The van der Waals surface area contributed by atoms with Crippen LogP contribution in [0.15, 0.2) is 48.5 Å². The average molecular weight is 527 g/mol. The monoisotopic (exact) mass is 526 g/mol. The van der Waals surface area contributed by atoms with Crippen LogP contribution in [0.5, 0.6) is 5.75 Å². The molecule has 0 spiro atoms. The summed E-state index contributed by atoms with van der Waals surface area (Å²) < 4.78 is 5.78. The fraction of sp³-hybridized carbons (Fsp3) is 0.483. The predicted molar refractivity (Wildman–Crippen MR) is 141 cm³/mol. The summed E-state index contributed by atoms with van der Waals surface area (Å²) in [5.41, 5.74) is 2.34. The first-order chi connectivity index (χ1) is 17.8. The highest BCUT2D eigenvalue weighted by Crippen LogP contribution is 2.33. The maximum absolute atomic E-state index is 11.7. The second-order valence-electron chi connectivity index (χ2n) is 10.1. The first-order valence-electron chi connectivity index (χ1n) is 13.1. The molecule has 1 saturated heterocycles. The van der Waals surface area contributed by atoms with Gasteiger partial charge in [0.05, 0.1) is 12.5 Å². The number of carboxylic acids is 1. The third kappa shape index (κ3) is 7.33. The van der Waals surface area contributed by atoms with E-state index < -0.39 is 5.97 Å². The number of carbonyl (C=O) groups excluding carboxylic acids is 2. The summed E-state index contributed by atoms with van der Waals surface area (Å²) in [6.07, 6.45) is 3.91. The van der Waals surface area contributed by atoms with Crippen LogP contribution >= 0.6 is 11.6 Å². The minimum absolute atomic E-state index is 0.129. The van der Waals surface area contributed by atoms with Crippen LogP contribution in [-0.2, 0) is 20.9 Å². The van der Waals surface area contributed by atoms with E-state index in [1.165, 1.54) is 10.5 Å². The van der Waals surface area contributed by atoms with Crippen LogP contribution in [0, 0.1) is 11.8 Å². The van der Waals surface area contributed by atoms with E-state index in [9.17, 15) is 19.5 Å². The zero-order valence-electron chi connectivity index (χ0n) is 21.3. The number of aliphatic carboxylic acids is 1. The molecule has 1 heterocycles. The number of imide groups is 1. The number of carbonyl (C=O) groups is 3. The minimum Gasteiger partial charge on any atom is -0.492 e. The fourth-order valence-corrected chi connectivity index (χ4v) is 5.41. The molecule has 8 heteroatoms. The molecule has 4 rings (SSSR count). The number of rotatable bonds is 11. The molecule has 37 heavy (non-hydrogen) atoms. The summed E-state index contributed by atoms with van der Waals surface area (Å²) in [4.78, 5) is 38.6. The van der Waals surface area contributed by atoms with Crippen LogP contribution in [0.2, 0.25) is 5.02 Å². The third-order valence-corrected chi connectivity index (χ3v) is 7.89. The molecule has 0 aromatic heterocycles. The zero-order chi connectivity index (χ0) is 26.4. The number of nitrogens with zero attached hydrogens (tertiary/aromatic N) is 2. The van der Waals surface area contributed by atoms with Crippen LogP contribution in [0.3, 0.4) is 0 Å². The van der Waals surface area contributed by atoms with Gasteiger partial charge in [0.25, 0.3) is 0 Å².